The van der Waals surface area contributed by atoms with Crippen molar-refractivity contribution in [1.29, 1.82) is 0 Å². The van der Waals surface area contributed by atoms with Crippen molar-refractivity contribution in [2.45, 2.75) is 26.0 Å². The molecule has 0 saturated carbocycles. The van der Waals surface area contributed by atoms with Gasteiger partial charge < -0.3 is 25.6 Å². The average molecular weight is 282 g/mol. The minimum Gasteiger partial charge on any atom is -0.491 e. The van der Waals surface area contributed by atoms with E-state index in [4.69, 9.17) is 15.6 Å². The molecule has 0 amide bonds. The third kappa shape index (κ3) is 6.34. The van der Waals surface area contributed by atoms with E-state index in [0.717, 1.165) is 30.8 Å². The molecule has 0 aromatic heterocycles. The first kappa shape index (κ1) is 16.9. The standard InChI is InChI=1S/C15H26N2O3/c1-2-17(8-3-9-18)11-14(19)12-20-15-6-4-13(10-16)5-7-15/h4-7,14,18-19H,2-3,8-12,16H2,1H3. The normalized spacial score (nSPS) is 12.7. The van der Waals surface area contributed by atoms with Gasteiger partial charge in [0, 0.05) is 26.2 Å². The molecule has 0 heterocycles. The predicted octanol–water partition coefficient (Wildman–Crippen LogP) is 0.589. The summed E-state index contributed by atoms with van der Waals surface area (Å²) in [6.07, 6.45) is 0.185. The van der Waals surface area contributed by atoms with E-state index >= 15 is 0 Å². The largest absolute Gasteiger partial charge is 0.491 e. The Morgan fingerprint density at radius 1 is 1.30 bits per heavy atom. The van der Waals surface area contributed by atoms with Crippen LogP contribution in [-0.4, -0.2) is 54.1 Å². The van der Waals surface area contributed by atoms with Crippen LogP contribution in [0.5, 0.6) is 5.75 Å². The summed E-state index contributed by atoms with van der Waals surface area (Å²) in [6, 6.07) is 7.55. The Labute approximate surface area is 121 Å². The quantitative estimate of drug-likeness (QED) is 0.585. The number of likely N-dealkylation sites (N-methyl/N-ethyl adjacent to an activating group) is 1. The number of nitrogens with zero attached hydrogens (tertiary/aromatic N) is 1. The Bertz CT molecular complexity index is 357. The van der Waals surface area contributed by atoms with Crippen molar-refractivity contribution in [3.05, 3.63) is 29.8 Å². The third-order valence-electron chi connectivity index (χ3n) is 3.15. The van der Waals surface area contributed by atoms with Crippen molar-refractivity contribution in [3.8, 4) is 5.75 Å². The minimum atomic E-state index is -0.539. The van der Waals surface area contributed by atoms with Gasteiger partial charge in [-0.15, -0.1) is 0 Å². The average Bonchev–Trinajstić information content (AvgIpc) is 2.49. The number of aliphatic hydroxyl groups is 2. The van der Waals surface area contributed by atoms with E-state index in [9.17, 15) is 5.11 Å². The number of nitrogens with two attached hydrogens (primary N) is 1. The summed E-state index contributed by atoms with van der Waals surface area (Å²) in [7, 11) is 0. The zero-order chi connectivity index (χ0) is 14.8. The van der Waals surface area contributed by atoms with Crippen LogP contribution < -0.4 is 10.5 Å². The first-order valence-corrected chi connectivity index (χ1v) is 7.12. The number of ether oxygens (including phenoxy) is 1. The van der Waals surface area contributed by atoms with E-state index in [1.165, 1.54) is 0 Å². The molecule has 0 aliphatic carbocycles. The van der Waals surface area contributed by atoms with Crippen LogP contribution in [0.25, 0.3) is 0 Å². The molecule has 20 heavy (non-hydrogen) atoms. The van der Waals surface area contributed by atoms with Crippen molar-refractivity contribution in [2.75, 3.05) is 32.8 Å². The van der Waals surface area contributed by atoms with E-state index in [1.54, 1.807) is 0 Å². The molecule has 0 aliphatic heterocycles. The smallest absolute Gasteiger partial charge is 0.119 e. The second-order valence-electron chi connectivity index (χ2n) is 4.78. The summed E-state index contributed by atoms with van der Waals surface area (Å²) in [4.78, 5) is 2.10. The first-order valence-electron chi connectivity index (χ1n) is 7.12. The van der Waals surface area contributed by atoms with E-state index < -0.39 is 6.10 Å². The summed E-state index contributed by atoms with van der Waals surface area (Å²) < 4.78 is 5.55. The van der Waals surface area contributed by atoms with Crippen LogP contribution >= 0.6 is 0 Å². The molecule has 0 bridgehead atoms. The Morgan fingerprint density at radius 2 is 2.00 bits per heavy atom. The van der Waals surface area contributed by atoms with Crippen molar-refractivity contribution < 1.29 is 14.9 Å². The molecule has 1 aromatic rings. The van der Waals surface area contributed by atoms with E-state index in [-0.39, 0.29) is 13.2 Å². The molecule has 1 aromatic carbocycles. The number of hydrogen-bond donors (Lipinski definition) is 3. The topological polar surface area (TPSA) is 79.0 Å². The molecule has 114 valence electrons. The number of hydrogen-bond acceptors (Lipinski definition) is 5. The van der Waals surface area contributed by atoms with Gasteiger partial charge >= 0.3 is 0 Å². The minimum absolute atomic E-state index is 0.177. The van der Waals surface area contributed by atoms with E-state index in [1.807, 2.05) is 31.2 Å². The van der Waals surface area contributed by atoms with Gasteiger partial charge in [-0.3, -0.25) is 0 Å². The van der Waals surface area contributed by atoms with Gasteiger partial charge in [-0.2, -0.15) is 0 Å². The molecule has 5 nitrogen and oxygen atoms in total. The highest BCUT2D eigenvalue weighted by atomic mass is 16.5. The molecular formula is C15H26N2O3. The molecule has 1 unspecified atom stereocenters. The van der Waals surface area contributed by atoms with Crippen LogP contribution in [-0.2, 0) is 6.54 Å². The van der Waals surface area contributed by atoms with Gasteiger partial charge in [0.2, 0.25) is 0 Å². The molecule has 5 heteroatoms. The van der Waals surface area contributed by atoms with Crippen molar-refractivity contribution in [1.82, 2.24) is 4.90 Å². The van der Waals surface area contributed by atoms with E-state index in [2.05, 4.69) is 4.90 Å². The Hall–Kier alpha value is -1.14. The maximum atomic E-state index is 9.96. The van der Waals surface area contributed by atoms with Crippen molar-refractivity contribution in [2.24, 2.45) is 5.73 Å². The fourth-order valence-corrected chi connectivity index (χ4v) is 1.94. The highest BCUT2D eigenvalue weighted by Crippen LogP contribution is 2.12. The molecule has 0 radical (unpaired) electrons. The Kier molecular flexibility index (Phi) is 8.22. The molecule has 4 N–H and O–H groups in total. The summed E-state index contributed by atoms with van der Waals surface area (Å²) in [5.41, 5.74) is 6.58. The molecule has 1 atom stereocenters. The second kappa shape index (κ2) is 9.72. The number of rotatable bonds is 10. The number of aliphatic hydroxyl groups excluding tert-OH is 2. The molecule has 0 spiro atoms. The van der Waals surface area contributed by atoms with Crippen molar-refractivity contribution in [3.63, 3.8) is 0 Å². The van der Waals surface area contributed by atoms with Crippen LogP contribution in [0.2, 0.25) is 0 Å². The summed E-state index contributed by atoms with van der Waals surface area (Å²) in [5.74, 6) is 0.736. The van der Waals surface area contributed by atoms with Crippen LogP contribution in [0.15, 0.2) is 24.3 Å². The zero-order valence-electron chi connectivity index (χ0n) is 12.2. The lowest BCUT2D eigenvalue weighted by molar-refractivity contribution is 0.0677. The Morgan fingerprint density at radius 3 is 2.55 bits per heavy atom. The monoisotopic (exact) mass is 282 g/mol. The van der Waals surface area contributed by atoms with Crippen LogP contribution in [0.1, 0.15) is 18.9 Å². The van der Waals surface area contributed by atoms with Gasteiger partial charge in [0.15, 0.2) is 0 Å². The van der Waals surface area contributed by atoms with Crippen LogP contribution in [0, 0.1) is 0 Å². The van der Waals surface area contributed by atoms with E-state index in [0.29, 0.717) is 13.1 Å². The van der Waals surface area contributed by atoms with Gasteiger partial charge in [-0.05, 0) is 30.7 Å². The van der Waals surface area contributed by atoms with Gasteiger partial charge in [0.1, 0.15) is 18.5 Å². The van der Waals surface area contributed by atoms with Gasteiger partial charge in [0.05, 0.1) is 0 Å². The highest BCUT2D eigenvalue weighted by Gasteiger charge is 2.10. The van der Waals surface area contributed by atoms with Crippen molar-refractivity contribution >= 4 is 0 Å². The first-order chi connectivity index (χ1) is 9.69. The summed E-state index contributed by atoms with van der Waals surface area (Å²) in [5, 5.41) is 18.8. The third-order valence-corrected chi connectivity index (χ3v) is 3.15. The zero-order valence-corrected chi connectivity index (χ0v) is 12.2. The SMILES string of the molecule is CCN(CCCO)CC(O)COc1ccc(CN)cc1. The summed E-state index contributed by atoms with van der Waals surface area (Å²) in [6.45, 7) is 5.18. The fourth-order valence-electron chi connectivity index (χ4n) is 1.94. The molecular weight excluding hydrogens is 256 g/mol. The molecule has 0 aliphatic rings. The summed E-state index contributed by atoms with van der Waals surface area (Å²) >= 11 is 0. The van der Waals surface area contributed by atoms with Gasteiger partial charge in [0.25, 0.3) is 0 Å². The maximum Gasteiger partial charge on any atom is 0.119 e. The molecule has 1 rings (SSSR count). The fraction of sp³-hybridized carbons (Fsp3) is 0.600. The van der Waals surface area contributed by atoms with Gasteiger partial charge in [-0.1, -0.05) is 19.1 Å². The number of benzene rings is 1. The highest BCUT2D eigenvalue weighted by molar-refractivity contribution is 5.27. The second-order valence-corrected chi connectivity index (χ2v) is 4.78. The van der Waals surface area contributed by atoms with Gasteiger partial charge in [-0.25, -0.2) is 0 Å². The molecule has 0 saturated heterocycles. The lowest BCUT2D eigenvalue weighted by Gasteiger charge is -2.23. The molecule has 0 fully saturated rings. The lowest BCUT2D eigenvalue weighted by Crippen LogP contribution is -2.36. The lowest BCUT2D eigenvalue weighted by atomic mass is 10.2. The maximum absolute atomic E-state index is 9.96. The Balaban J connectivity index is 2.31. The van der Waals surface area contributed by atoms with Crippen LogP contribution in [0.4, 0.5) is 0 Å². The predicted molar refractivity (Wildman–Crippen MR) is 79.7 cm³/mol. The van der Waals surface area contributed by atoms with Crippen LogP contribution in [0.3, 0.4) is 0 Å².